The molecule has 0 saturated carbocycles. The highest BCUT2D eigenvalue weighted by atomic mass is 35.7. The van der Waals surface area contributed by atoms with E-state index in [1.807, 2.05) is 0 Å². The van der Waals surface area contributed by atoms with E-state index in [0.29, 0.717) is 15.6 Å². The second kappa shape index (κ2) is 4.89. The Morgan fingerprint density at radius 1 is 1.27 bits per heavy atom. The second-order valence-corrected chi connectivity index (χ2v) is 6.33. The van der Waals surface area contributed by atoms with Gasteiger partial charge in [-0.05, 0) is 12.1 Å². The van der Waals surface area contributed by atoms with Crippen molar-refractivity contribution in [3.8, 4) is 0 Å². The fourth-order valence-electron chi connectivity index (χ4n) is 0.983. The summed E-state index contributed by atoms with van der Waals surface area (Å²) in [6, 6.07) is 4.96. The Labute approximate surface area is 103 Å². The minimum absolute atomic E-state index is 0.0460. The molecular formula is C8H8Cl3NO2S. The van der Waals surface area contributed by atoms with Crippen LogP contribution in [0.5, 0.6) is 0 Å². The molecule has 0 spiro atoms. The Bertz CT molecular complexity index is 441. The first-order valence-electron chi connectivity index (χ1n) is 3.91. The van der Waals surface area contributed by atoms with Crippen molar-refractivity contribution < 1.29 is 8.42 Å². The predicted molar refractivity (Wildman–Crippen MR) is 62.7 cm³/mol. The molecule has 0 fully saturated rings. The van der Waals surface area contributed by atoms with Crippen molar-refractivity contribution in [1.29, 1.82) is 0 Å². The van der Waals surface area contributed by atoms with Crippen LogP contribution in [0.1, 0.15) is 5.56 Å². The van der Waals surface area contributed by atoms with Gasteiger partial charge in [-0.15, -0.1) is 0 Å². The fourth-order valence-corrected chi connectivity index (χ4v) is 1.93. The number of nitrogens with zero attached hydrogens (tertiary/aromatic N) is 1. The number of halogens is 3. The van der Waals surface area contributed by atoms with Crippen molar-refractivity contribution in [1.82, 2.24) is 4.31 Å². The average molecular weight is 289 g/mol. The number of benzene rings is 1. The summed E-state index contributed by atoms with van der Waals surface area (Å²) in [7, 11) is 2.75. The van der Waals surface area contributed by atoms with E-state index in [0.717, 1.165) is 4.31 Å². The van der Waals surface area contributed by atoms with Crippen LogP contribution in [0.15, 0.2) is 18.2 Å². The van der Waals surface area contributed by atoms with Gasteiger partial charge in [-0.25, -0.2) is 0 Å². The molecule has 0 saturated heterocycles. The standard InChI is InChI=1S/C8H8Cl3NO2S/c1-12(15(11,13)14)5-6-7(9)3-2-4-8(6)10/h2-4H,5H2,1H3. The molecule has 1 rings (SSSR count). The quantitative estimate of drug-likeness (QED) is 0.802. The minimum atomic E-state index is -3.75. The van der Waals surface area contributed by atoms with Crippen molar-refractivity contribution in [2.45, 2.75) is 6.54 Å². The van der Waals surface area contributed by atoms with Gasteiger partial charge in [0, 0.05) is 39.9 Å². The van der Waals surface area contributed by atoms with E-state index in [9.17, 15) is 8.42 Å². The van der Waals surface area contributed by atoms with Crippen LogP contribution >= 0.6 is 33.9 Å². The highest BCUT2D eigenvalue weighted by Crippen LogP contribution is 2.26. The van der Waals surface area contributed by atoms with Gasteiger partial charge in [0.05, 0.1) is 0 Å². The zero-order valence-corrected chi connectivity index (χ0v) is 10.8. The minimum Gasteiger partial charge on any atom is -0.195 e. The molecule has 84 valence electrons. The van der Waals surface area contributed by atoms with Gasteiger partial charge in [-0.2, -0.15) is 12.7 Å². The van der Waals surface area contributed by atoms with Crippen molar-refractivity contribution in [3.63, 3.8) is 0 Å². The lowest BCUT2D eigenvalue weighted by Gasteiger charge is -2.14. The average Bonchev–Trinajstić information content (AvgIpc) is 2.09. The Hall–Kier alpha value is -0.000000000000000111. The fraction of sp³-hybridized carbons (Fsp3) is 0.250. The summed E-state index contributed by atoms with van der Waals surface area (Å²) in [6.07, 6.45) is 0. The molecule has 0 heterocycles. The first kappa shape index (κ1) is 13.1. The molecule has 0 bridgehead atoms. The molecular weight excluding hydrogens is 281 g/mol. The van der Waals surface area contributed by atoms with E-state index in [1.54, 1.807) is 18.2 Å². The van der Waals surface area contributed by atoms with Crippen LogP contribution in [0.2, 0.25) is 10.0 Å². The Morgan fingerprint density at radius 3 is 2.13 bits per heavy atom. The molecule has 0 atom stereocenters. The summed E-state index contributed by atoms with van der Waals surface area (Å²) in [4.78, 5) is 0. The lowest BCUT2D eigenvalue weighted by molar-refractivity contribution is 0.481. The van der Waals surface area contributed by atoms with Crippen LogP contribution in [0.4, 0.5) is 0 Å². The smallest absolute Gasteiger partial charge is 0.195 e. The topological polar surface area (TPSA) is 37.4 Å². The molecule has 15 heavy (non-hydrogen) atoms. The number of hydrogen-bond donors (Lipinski definition) is 0. The third-order valence-electron chi connectivity index (χ3n) is 1.81. The SMILES string of the molecule is CN(Cc1c(Cl)cccc1Cl)S(=O)(=O)Cl. The van der Waals surface area contributed by atoms with E-state index in [4.69, 9.17) is 33.9 Å². The maximum atomic E-state index is 11.0. The lowest BCUT2D eigenvalue weighted by atomic mass is 10.2. The Morgan fingerprint density at radius 2 is 1.73 bits per heavy atom. The molecule has 0 radical (unpaired) electrons. The van der Waals surface area contributed by atoms with Crippen molar-refractivity contribution in [2.24, 2.45) is 0 Å². The van der Waals surface area contributed by atoms with Gasteiger partial charge in [-0.3, -0.25) is 0 Å². The maximum Gasteiger partial charge on any atom is 0.299 e. The van der Waals surface area contributed by atoms with Gasteiger partial charge < -0.3 is 0 Å². The molecule has 0 aliphatic heterocycles. The summed E-state index contributed by atoms with van der Waals surface area (Å²) in [5.41, 5.74) is 0.535. The van der Waals surface area contributed by atoms with E-state index < -0.39 is 9.24 Å². The van der Waals surface area contributed by atoms with Gasteiger partial charge >= 0.3 is 0 Å². The van der Waals surface area contributed by atoms with Gasteiger partial charge in [0.1, 0.15) is 0 Å². The molecule has 0 aliphatic rings. The zero-order chi connectivity index (χ0) is 11.6. The highest BCUT2D eigenvalue weighted by Gasteiger charge is 2.17. The van der Waals surface area contributed by atoms with Gasteiger partial charge in [0.25, 0.3) is 9.24 Å². The molecule has 0 aromatic heterocycles. The summed E-state index contributed by atoms with van der Waals surface area (Å²) in [5, 5.41) is 0.823. The van der Waals surface area contributed by atoms with Crippen LogP contribution < -0.4 is 0 Å². The number of rotatable bonds is 3. The van der Waals surface area contributed by atoms with Crippen LogP contribution in [0.25, 0.3) is 0 Å². The van der Waals surface area contributed by atoms with Crippen LogP contribution in [0, 0.1) is 0 Å². The van der Waals surface area contributed by atoms with Gasteiger partial charge in [0.15, 0.2) is 0 Å². The van der Waals surface area contributed by atoms with Crippen molar-refractivity contribution in [3.05, 3.63) is 33.8 Å². The third kappa shape index (κ3) is 3.50. The molecule has 3 nitrogen and oxygen atoms in total. The molecule has 1 aromatic rings. The monoisotopic (exact) mass is 287 g/mol. The van der Waals surface area contributed by atoms with E-state index in [2.05, 4.69) is 0 Å². The molecule has 0 aliphatic carbocycles. The predicted octanol–water partition coefficient (Wildman–Crippen LogP) is 2.91. The van der Waals surface area contributed by atoms with Gasteiger partial charge in [-0.1, -0.05) is 29.3 Å². The van der Waals surface area contributed by atoms with Gasteiger partial charge in [0.2, 0.25) is 0 Å². The molecule has 0 N–H and O–H groups in total. The normalized spacial score (nSPS) is 12.1. The largest absolute Gasteiger partial charge is 0.299 e. The summed E-state index contributed by atoms with van der Waals surface area (Å²) in [5.74, 6) is 0. The summed E-state index contributed by atoms with van der Waals surface area (Å²) >= 11 is 11.7. The lowest BCUT2D eigenvalue weighted by Crippen LogP contribution is -2.21. The molecule has 0 unspecified atom stereocenters. The summed E-state index contributed by atoms with van der Waals surface area (Å²) < 4.78 is 22.9. The zero-order valence-electron chi connectivity index (χ0n) is 7.75. The first-order chi connectivity index (χ1) is 6.82. The Kier molecular flexibility index (Phi) is 4.26. The summed E-state index contributed by atoms with van der Waals surface area (Å²) in [6.45, 7) is 0.0460. The van der Waals surface area contributed by atoms with E-state index in [-0.39, 0.29) is 6.54 Å². The van der Waals surface area contributed by atoms with Crippen LogP contribution in [0.3, 0.4) is 0 Å². The highest BCUT2D eigenvalue weighted by molar-refractivity contribution is 8.11. The Balaban J connectivity index is 3.00. The van der Waals surface area contributed by atoms with Crippen molar-refractivity contribution >= 4 is 43.1 Å². The van der Waals surface area contributed by atoms with E-state index in [1.165, 1.54) is 7.05 Å². The number of hydrogen-bond acceptors (Lipinski definition) is 2. The molecule has 0 amide bonds. The van der Waals surface area contributed by atoms with Crippen molar-refractivity contribution in [2.75, 3.05) is 7.05 Å². The van der Waals surface area contributed by atoms with E-state index >= 15 is 0 Å². The molecule has 1 aromatic carbocycles. The van der Waals surface area contributed by atoms with Crippen LogP contribution in [-0.2, 0) is 15.8 Å². The third-order valence-corrected chi connectivity index (χ3v) is 4.10. The second-order valence-electron chi connectivity index (χ2n) is 2.90. The van der Waals surface area contributed by atoms with Crippen LogP contribution in [-0.4, -0.2) is 19.8 Å². The maximum absolute atomic E-state index is 11.0. The first-order valence-corrected chi connectivity index (χ1v) is 6.93. The molecule has 7 heteroatoms.